The summed E-state index contributed by atoms with van der Waals surface area (Å²) in [6.07, 6.45) is 2.87. The summed E-state index contributed by atoms with van der Waals surface area (Å²) >= 11 is 0. The fraction of sp³-hybridized carbons (Fsp3) is 0.211. The maximum Gasteiger partial charge on any atom is 0.329 e. The zero-order valence-electron chi connectivity index (χ0n) is 14.5. The molecular formula is C19H16F2N4O. The largest absolute Gasteiger partial charge is 0.329 e. The van der Waals surface area contributed by atoms with Crippen LogP contribution in [0.3, 0.4) is 0 Å². The Morgan fingerprint density at radius 1 is 1.08 bits per heavy atom. The second-order valence-electron chi connectivity index (χ2n) is 6.52. The number of halogens is 2. The quantitative estimate of drug-likeness (QED) is 0.515. The highest BCUT2D eigenvalue weighted by Gasteiger charge is 2.18. The molecule has 7 heteroatoms. The van der Waals surface area contributed by atoms with E-state index in [0.717, 1.165) is 0 Å². The average Bonchev–Trinajstić information content (AvgIpc) is 2.87. The molecule has 4 aromatic rings. The van der Waals surface area contributed by atoms with Crippen molar-refractivity contribution in [2.24, 2.45) is 7.05 Å². The molecule has 1 aromatic carbocycles. The van der Waals surface area contributed by atoms with E-state index in [4.69, 9.17) is 0 Å². The third-order valence-electron chi connectivity index (χ3n) is 4.56. The molecule has 0 fully saturated rings. The second-order valence-corrected chi connectivity index (χ2v) is 6.52. The van der Waals surface area contributed by atoms with Gasteiger partial charge in [-0.05, 0) is 32.0 Å². The van der Waals surface area contributed by atoms with E-state index in [2.05, 4.69) is 9.97 Å². The van der Waals surface area contributed by atoms with Crippen LogP contribution in [0.5, 0.6) is 0 Å². The summed E-state index contributed by atoms with van der Waals surface area (Å²) in [5.41, 5.74) is 2.41. The van der Waals surface area contributed by atoms with Crippen LogP contribution in [-0.2, 0) is 7.05 Å². The van der Waals surface area contributed by atoms with E-state index >= 15 is 0 Å². The van der Waals surface area contributed by atoms with Gasteiger partial charge in [-0.15, -0.1) is 0 Å². The molecule has 0 saturated carbocycles. The zero-order valence-corrected chi connectivity index (χ0v) is 14.5. The molecule has 26 heavy (non-hydrogen) atoms. The Hall–Kier alpha value is -3.09. The molecule has 0 unspecified atom stereocenters. The molecule has 0 N–H and O–H groups in total. The predicted molar refractivity (Wildman–Crippen MR) is 96.0 cm³/mol. The Labute approximate surface area is 147 Å². The summed E-state index contributed by atoms with van der Waals surface area (Å²) < 4.78 is 30.9. The smallest absolute Gasteiger partial charge is 0.293 e. The number of fused-ring (bicyclic) bond motifs is 3. The van der Waals surface area contributed by atoms with Crippen molar-refractivity contribution in [3.63, 3.8) is 0 Å². The third kappa shape index (κ3) is 2.31. The summed E-state index contributed by atoms with van der Waals surface area (Å²) in [7, 11) is 1.69. The third-order valence-corrected chi connectivity index (χ3v) is 4.56. The van der Waals surface area contributed by atoms with E-state index in [-0.39, 0.29) is 17.3 Å². The van der Waals surface area contributed by atoms with Crippen LogP contribution < -0.4 is 5.69 Å². The minimum absolute atomic E-state index is 0.0715. The van der Waals surface area contributed by atoms with Gasteiger partial charge < -0.3 is 0 Å². The maximum absolute atomic E-state index is 14.6. The van der Waals surface area contributed by atoms with E-state index < -0.39 is 11.8 Å². The van der Waals surface area contributed by atoms with Crippen molar-refractivity contribution in [3.05, 3.63) is 58.9 Å². The van der Waals surface area contributed by atoms with Crippen LogP contribution in [-0.4, -0.2) is 19.1 Å². The lowest BCUT2D eigenvalue weighted by Gasteiger charge is -2.11. The number of hydrogen-bond acceptors (Lipinski definition) is 3. The first-order valence-corrected chi connectivity index (χ1v) is 8.19. The number of aryl methyl sites for hydroxylation is 1. The lowest BCUT2D eigenvalue weighted by Crippen LogP contribution is -2.23. The lowest BCUT2D eigenvalue weighted by atomic mass is 10.0. The molecular weight excluding hydrogens is 338 g/mol. The van der Waals surface area contributed by atoms with Gasteiger partial charge in [0.2, 0.25) is 5.95 Å². The molecule has 0 aliphatic heterocycles. The molecule has 0 aliphatic rings. The topological polar surface area (TPSA) is 52.7 Å². The first kappa shape index (κ1) is 16.4. The molecule has 0 amide bonds. The fourth-order valence-electron chi connectivity index (χ4n) is 3.28. The summed E-state index contributed by atoms with van der Waals surface area (Å²) in [5, 5.41) is 0.662. The summed E-state index contributed by atoms with van der Waals surface area (Å²) in [6.45, 7) is 3.84. The van der Waals surface area contributed by atoms with Gasteiger partial charge in [-0.25, -0.2) is 14.2 Å². The summed E-state index contributed by atoms with van der Waals surface area (Å²) in [5.74, 6) is -1.11. The van der Waals surface area contributed by atoms with Crippen LogP contribution in [0.25, 0.3) is 33.1 Å². The average molecular weight is 354 g/mol. The molecule has 0 radical (unpaired) electrons. The van der Waals surface area contributed by atoms with Crippen molar-refractivity contribution in [1.29, 1.82) is 0 Å². The van der Waals surface area contributed by atoms with Gasteiger partial charge in [-0.1, -0.05) is 0 Å². The van der Waals surface area contributed by atoms with E-state index in [1.54, 1.807) is 23.9 Å². The Bertz CT molecular complexity index is 1210. The minimum atomic E-state index is -0.629. The highest BCUT2D eigenvalue weighted by molar-refractivity contribution is 6.04. The fourth-order valence-corrected chi connectivity index (χ4v) is 3.28. The van der Waals surface area contributed by atoms with Crippen molar-refractivity contribution in [2.75, 3.05) is 0 Å². The Balaban J connectivity index is 2.13. The highest BCUT2D eigenvalue weighted by atomic mass is 19.1. The van der Waals surface area contributed by atoms with Crippen LogP contribution >= 0.6 is 0 Å². The standard InChI is InChI=1S/C19H16F2N4O/c1-10(2)25-18-13-6-12(11-4-5-17(21)23-8-11)14(20)7-15(13)22-9-16(18)24(3)19(25)26/h4-10H,1-3H3. The molecule has 0 aliphatic carbocycles. The van der Waals surface area contributed by atoms with Crippen molar-refractivity contribution in [3.8, 4) is 11.1 Å². The van der Waals surface area contributed by atoms with Gasteiger partial charge in [-0.3, -0.25) is 14.1 Å². The number of benzene rings is 1. The molecule has 132 valence electrons. The maximum atomic E-state index is 14.6. The normalized spacial score (nSPS) is 11.8. The monoisotopic (exact) mass is 354 g/mol. The SMILES string of the molecule is CC(C)n1c(=O)n(C)c2cnc3cc(F)c(-c4ccc(F)nc4)cc3c21. The number of imidazole rings is 1. The molecule has 0 atom stereocenters. The Kier molecular flexibility index (Phi) is 3.61. The van der Waals surface area contributed by atoms with Crippen molar-refractivity contribution in [1.82, 2.24) is 19.1 Å². The highest BCUT2D eigenvalue weighted by Crippen LogP contribution is 2.31. The van der Waals surface area contributed by atoms with Gasteiger partial charge in [0.1, 0.15) is 5.82 Å². The number of hydrogen-bond donors (Lipinski definition) is 0. The van der Waals surface area contributed by atoms with Crippen molar-refractivity contribution in [2.45, 2.75) is 19.9 Å². The van der Waals surface area contributed by atoms with Crippen LogP contribution in [0, 0.1) is 11.8 Å². The van der Waals surface area contributed by atoms with Gasteiger partial charge in [0.25, 0.3) is 0 Å². The molecule has 5 nitrogen and oxygen atoms in total. The molecule has 4 rings (SSSR count). The molecule has 3 heterocycles. The van der Waals surface area contributed by atoms with Gasteiger partial charge in [0, 0.05) is 41.9 Å². The minimum Gasteiger partial charge on any atom is -0.293 e. The first-order valence-electron chi connectivity index (χ1n) is 8.19. The van der Waals surface area contributed by atoms with E-state index in [1.807, 2.05) is 13.8 Å². The molecule has 0 bridgehead atoms. The molecule has 0 saturated heterocycles. The number of rotatable bonds is 2. The predicted octanol–water partition coefficient (Wildman–Crippen LogP) is 3.81. The van der Waals surface area contributed by atoms with Gasteiger partial charge in [0.15, 0.2) is 0 Å². The summed E-state index contributed by atoms with van der Waals surface area (Å²) in [4.78, 5) is 20.5. The van der Waals surface area contributed by atoms with E-state index in [1.165, 1.54) is 29.0 Å². The van der Waals surface area contributed by atoms with Gasteiger partial charge >= 0.3 is 5.69 Å². The Morgan fingerprint density at radius 3 is 2.50 bits per heavy atom. The Morgan fingerprint density at radius 2 is 1.85 bits per heavy atom. The number of aromatic nitrogens is 4. The van der Waals surface area contributed by atoms with Crippen LogP contribution in [0.2, 0.25) is 0 Å². The number of nitrogens with zero attached hydrogens (tertiary/aromatic N) is 4. The van der Waals surface area contributed by atoms with Crippen LogP contribution in [0.1, 0.15) is 19.9 Å². The van der Waals surface area contributed by atoms with E-state index in [9.17, 15) is 13.6 Å². The number of pyridine rings is 2. The second kappa shape index (κ2) is 5.72. The zero-order chi connectivity index (χ0) is 18.6. The first-order chi connectivity index (χ1) is 12.4. The summed E-state index contributed by atoms with van der Waals surface area (Å²) in [6, 6.07) is 5.56. The van der Waals surface area contributed by atoms with E-state index in [0.29, 0.717) is 27.5 Å². The van der Waals surface area contributed by atoms with Crippen molar-refractivity contribution < 1.29 is 8.78 Å². The van der Waals surface area contributed by atoms with Gasteiger partial charge in [0.05, 0.1) is 22.7 Å². The van der Waals surface area contributed by atoms with Crippen molar-refractivity contribution >= 4 is 21.9 Å². The lowest BCUT2D eigenvalue weighted by molar-refractivity contribution is 0.583. The van der Waals surface area contributed by atoms with Gasteiger partial charge in [-0.2, -0.15) is 4.39 Å². The molecule has 3 aromatic heterocycles. The van der Waals surface area contributed by atoms with Crippen LogP contribution in [0.4, 0.5) is 8.78 Å². The molecule has 0 spiro atoms. The van der Waals surface area contributed by atoms with Crippen LogP contribution in [0.15, 0.2) is 41.5 Å².